The van der Waals surface area contributed by atoms with Gasteiger partial charge in [0.05, 0.1) is 5.75 Å². The van der Waals surface area contributed by atoms with E-state index in [1.54, 1.807) is 6.07 Å². The van der Waals surface area contributed by atoms with Gasteiger partial charge in [0.15, 0.2) is 0 Å². The van der Waals surface area contributed by atoms with E-state index in [4.69, 9.17) is 5.14 Å². The SMILES string of the molecule is Cc1c(F)cccc1CS(N)(=O)=O. The molecule has 0 atom stereocenters. The van der Waals surface area contributed by atoms with Crippen molar-refractivity contribution in [3.63, 3.8) is 0 Å². The Hall–Kier alpha value is -0.940. The van der Waals surface area contributed by atoms with E-state index < -0.39 is 15.8 Å². The van der Waals surface area contributed by atoms with Crippen molar-refractivity contribution < 1.29 is 12.8 Å². The summed E-state index contributed by atoms with van der Waals surface area (Å²) in [7, 11) is -3.58. The molecule has 3 nitrogen and oxygen atoms in total. The maximum atomic E-state index is 12.9. The summed E-state index contributed by atoms with van der Waals surface area (Å²) in [6.07, 6.45) is 0. The lowest BCUT2D eigenvalue weighted by atomic mass is 10.1. The summed E-state index contributed by atoms with van der Waals surface area (Å²) in [5.41, 5.74) is 0.735. The van der Waals surface area contributed by atoms with E-state index in [1.807, 2.05) is 0 Å². The summed E-state index contributed by atoms with van der Waals surface area (Å²) in [5.74, 6) is -0.738. The number of hydrogen-bond acceptors (Lipinski definition) is 2. The van der Waals surface area contributed by atoms with Gasteiger partial charge < -0.3 is 0 Å². The lowest BCUT2D eigenvalue weighted by Gasteiger charge is -2.04. The second kappa shape index (κ2) is 3.43. The van der Waals surface area contributed by atoms with Crippen LogP contribution in [0.1, 0.15) is 11.1 Å². The maximum Gasteiger partial charge on any atom is 0.213 e. The first-order chi connectivity index (χ1) is 5.90. The van der Waals surface area contributed by atoms with E-state index in [2.05, 4.69) is 0 Å². The number of primary sulfonamides is 1. The van der Waals surface area contributed by atoms with Crippen molar-refractivity contribution in [3.8, 4) is 0 Å². The fourth-order valence-electron chi connectivity index (χ4n) is 1.03. The molecule has 0 unspecified atom stereocenters. The molecule has 13 heavy (non-hydrogen) atoms. The minimum absolute atomic E-state index is 0.323. The molecule has 1 rings (SSSR count). The van der Waals surface area contributed by atoms with Gasteiger partial charge in [-0.3, -0.25) is 0 Å². The Balaban J connectivity index is 3.10. The van der Waals surface area contributed by atoms with Gasteiger partial charge in [0.2, 0.25) is 10.0 Å². The molecule has 0 spiro atoms. The topological polar surface area (TPSA) is 60.2 Å². The molecule has 5 heteroatoms. The number of nitrogens with two attached hydrogens (primary N) is 1. The molecular formula is C8H10FNO2S. The van der Waals surface area contributed by atoms with Gasteiger partial charge in [-0.25, -0.2) is 17.9 Å². The van der Waals surface area contributed by atoms with Crippen molar-refractivity contribution in [2.45, 2.75) is 12.7 Å². The number of halogens is 1. The lowest BCUT2D eigenvalue weighted by molar-refractivity contribution is 0.595. The van der Waals surface area contributed by atoms with Crippen LogP contribution in [-0.2, 0) is 15.8 Å². The van der Waals surface area contributed by atoms with Crippen LogP contribution < -0.4 is 5.14 Å². The van der Waals surface area contributed by atoms with Crippen LogP contribution in [0.3, 0.4) is 0 Å². The first-order valence-corrected chi connectivity index (χ1v) is 5.36. The van der Waals surface area contributed by atoms with Crippen LogP contribution in [0, 0.1) is 12.7 Å². The molecule has 0 heterocycles. The van der Waals surface area contributed by atoms with Crippen molar-refractivity contribution in [1.29, 1.82) is 0 Å². The minimum Gasteiger partial charge on any atom is -0.228 e. The molecule has 0 bridgehead atoms. The van der Waals surface area contributed by atoms with E-state index >= 15 is 0 Å². The molecule has 0 aromatic heterocycles. The van der Waals surface area contributed by atoms with E-state index in [0.717, 1.165) is 0 Å². The summed E-state index contributed by atoms with van der Waals surface area (Å²) < 4.78 is 34.4. The maximum absolute atomic E-state index is 12.9. The monoisotopic (exact) mass is 203 g/mol. The zero-order valence-electron chi connectivity index (χ0n) is 7.12. The zero-order valence-corrected chi connectivity index (χ0v) is 7.94. The quantitative estimate of drug-likeness (QED) is 0.777. The summed E-state index contributed by atoms with van der Waals surface area (Å²) >= 11 is 0. The Labute approximate surface area is 76.4 Å². The summed E-state index contributed by atoms with van der Waals surface area (Å²) in [6, 6.07) is 4.29. The molecule has 0 fully saturated rings. The molecule has 2 N–H and O–H groups in total. The number of hydrogen-bond donors (Lipinski definition) is 1. The van der Waals surface area contributed by atoms with Crippen molar-refractivity contribution in [3.05, 3.63) is 35.1 Å². The molecule has 0 radical (unpaired) electrons. The highest BCUT2D eigenvalue weighted by Gasteiger charge is 2.09. The van der Waals surface area contributed by atoms with Gasteiger partial charge in [-0.15, -0.1) is 0 Å². The van der Waals surface area contributed by atoms with Crippen LogP contribution >= 0.6 is 0 Å². The molecule has 0 aliphatic heterocycles. The summed E-state index contributed by atoms with van der Waals surface area (Å²) in [6.45, 7) is 1.52. The Kier molecular flexibility index (Phi) is 2.68. The van der Waals surface area contributed by atoms with Gasteiger partial charge in [-0.05, 0) is 24.1 Å². The van der Waals surface area contributed by atoms with Gasteiger partial charge in [0, 0.05) is 0 Å². The van der Waals surface area contributed by atoms with Crippen molar-refractivity contribution in [2.24, 2.45) is 5.14 Å². The molecule has 1 aromatic rings. The third-order valence-electron chi connectivity index (χ3n) is 1.74. The Morgan fingerprint density at radius 2 is 2.08 bits per heavy atom. The minimum atomic E-state index is -3.58. The molecule has 1 aromatic carbocycles. The van der Waals surface area contributed by atoms with Crippen LogP contribution in [0.25, 0.3) is 0 Å². The summed E-state index contributed by atoms with van der Waals surface area (Å²) in [5, 5.41) is 4.84. The molecule has 0 saturated carbocycles. The Morgan fingerprint density at radius 3 is 2.62 bits per heavy atom. The van der Waals surface area contributed by atoms with E-state index in [9.17, 15) is 12.8 Å². The number of rotatable bonds is 2. The van der Waals surface area contributed by atoms with Crippen molar-refractivity contribution in [2.75, 3.05) is 0 Å². The normalized spacial score (nSPS) is 11.6. The molecule has 72 valence electrons. The number of sulfonamides is 1. The van der Waals surface area contributed by atoms with Gasteiger partial charge in [0.1, 0.15) is 5.82 Å². The second-order valence-corrected chi connectivity index (χ2v) is 4.45. The standard InChI is InChI=1S/C8H10FNO2S/c1-6-7(5-13(10,11)12)3-2-4-8(6)9/h2-4H,5H2,1H3,(H2,10,11,12). The predicted molar refractivity (Wildman–Crippen MR) is 47.9 cm³/mol. The van der Waals surface area contributed by atoms with Gasteiger partial charge in [-0.1, -0.05) is 12.1 Å². The van der Waals surface area contributed by atoms with Crippen LogP contribution in [0.4, 0.5) is 4.39 Å². The lowest BCUT2D eigenvalue weighted by Crippen LogP contribution is -2.15. The highest BCUT2D eigenvalue weighted by atomic mass is 32.2. The van der Waals surface area contributed by atoms with Crippen LogP contribution in [0.2, 0.25) is 0 Å². The Bertz CT molecular complexity index is 414. The molecule has 0 saturated heterocycles. The fraction of sp³-hybridized carbons (Fsp3) is 0.250. The van der Waals surface area contributed by atoms with Crippen LogP contribution in [-0.4, -0.2) is 8.42 Å². The number of benzene rings is 1. The van der Waals surface area contributed by atoms with Gasteiger partial charge >= 0.3 is 0 Å². The largest absolute Gasteiger partial charge is 0.228 e. The van der Waals surface area contributed by atoms with Crippen molar-refractivity contribution >= 4 is 10.0 Å². The highest BCUT2D eigenvalue weighted by Crippen LogP contribution is 2.13. The second-order valence-electron chi connectivity index (χ2n) is 2.83. The van der Waals surface area contributed by atoms with E-state index in [-0.39, 0.29) is 5.75 Å². The van der Waals surface area contributed by atoms with Gasteiger partial charge in [0.25, 0.3) is 0 Å². The Morgan fingerprint density at radius 1 is 1.46 bits per heavy atom. The molecule has 0 aliphatic rings. The van der Waals surface area contributed by atoms with E-state index in [0.29, 0.717) is 11.1 Å². The van der Waals surface area contributed by atoms with Crippen molar-refractivity contribution in [1.82, 2.24) is 0 Å². The molecule has 0 amide bonds. The first kappa shape index (κ1) is 10.1. The molecular weight excluding hydrogens is 193 g/mol. The third-order valence-corrected chi connectivity index (χ3v) is 2.45. The average Bonchev–Trinajstić information content (AvgIpc) is 1.96. The first-order valence-electron chi connectivity index (χ1n) is 3.64. The highest BCUT2D eigenvalue weighted by molar-refractivity contribution is 7.88. The third kappa shape index (κ3) is 2.78. The average molecular weight is 203 g/mol. The zero-order chi connectivity index (χ0) is 10.1. The van der Waals surface area contributed by atoms with Crippen LogP contribution in [0.5, 0.6) is 0 Å². The van der Waals surface area contributed by atoms with Crippen LogP contribution in [0.15, 0.2) is 18.2 Å². The smallest absolute Gasteiger partial charge is 0.213 e. The predicted octanol–water partition coefficient (Wildman–Crippen LogP) is 0.923. The van der Waals surface area contributed by atoms with E-state index in [1.165, 1.54) is 19.1 Å². The fourth-order valence-corrected chi connectivity index (χ4v) is 1.77. The van der Waals surface area contributed by atoms with Gasteiger partial charge in [-0.2, -0.15) is 0 Å². The molecule has 0 aliphatic carbocycles. The summed E-state index contributed by atoms with van der Waals surface area (Å²) in [4.78, 5) is 0.